The summed E-state index contributed by atoms with van der Waals surface area (Å²) >= 11 is 0. The van der Waals surface area contributed by atoms with Crippen molar-refractivity contribution in [1.29, 1.82) is 0 Å². The molecule has 1 aromatic heterocycles. The lowest BCUT2D eigenvalue weighted by Gasteiger charge is -2.42. The third kappa shape index (κ3) is 2.99. The van der Waals surface area contributed by atoms with Gasteiger partial charge in [-0.05, 0) is 20.8 Å². The smallest absolute Gasteiger partial charge is 0.330 e. The van der Waals surface area contributed by atoms with Crippen LogP contribution in [0.5, 0.6) is 0 Å². The van der Waals surface area contributed by atoms with Gasteiger partial charge >= 0.3 is 5.69 Å². The van der Waals surface area contributed by atoms with E-state index in [0.717, 1.165) is 4.57 Å². The fourth-order valence-corrected chi connectivity index (χ4v) is 3.15. The summed E-state index contributed by atoms with van der Waals surface area (Å²) in [6.45, 7) is 3.85. The van der Waals surface area contributed by atoms with E-state index in [0.29, 0.717) is 0 Å². The fraction of sp³-hybridized carbons (Fsp3) is 0.714. The first-order chi connectivity index (χ1) is 11.5. The molecule has 1 unspecified atom stereocenters. The Balaban J connectivity index is 2.04. The van der Waals surface area contributed by atoms with Crippen LogP contribution in [0.25, 0.3) is 0 Å². The number of nitrogens with zero attached hydrogens (tertiary/aromatic N) is 2. The van der Waals surface area contributed by atoms with E-state index in [1.165, 1.54) is 13.1 Å². The van der Waals surface area contributed by atoms with Gasteiger partial charge in [0.05, 0.1) is 6.61 Å². The minimum absolute atomic E-state index is 0.184. The molecule has 0 spiro atoms. The molecule has 4 atom stereocenters. The van der Waals surface area contributed by atoms with Gasteiger partial charge in [0.25, 0.3) is 5.56 Å². The van der Waals surface area contributed by atoms with Crippen molar-refractivity contribution < 1.29 is 24.2 Å². The molecule has 2 aliphatic heterocycles. The summed E-state index contributed by atoms with van der Waals surface area (Å²) < 4.78 is 17.9. The summed E-state index contributed by atoms with van der Waals surface area (Å²) in [5.41, 5.74) is -2.68. The van der Waals surface area contributed by atoms with Crippen molar-refractivity contribution in [2.45, 2.75) is 50.6 Å². The number of aryl methyl sites for hydroxylation is 1. The van der Waals surface area contributed by atoms with Crippen LogP contribution in [0.1, 0.15) is 25.6 Å². The molecule has 0 saturated carbocycles. The topological polar surface area (TPSA) is 146 Å². The summed E-state index contributed by atoms with van der Waals surface area (Å²) in [5.74, 6) is -1.07. The predicted octanol–water partition coefficient (Wildman–Crippen LogP) is -1.10. The Kier molecular flexibility index (Phi) is 4.06. The zero-order valence-electron chi connectivity index (χ0n) is 13.9. The second-order valence-electron chi connectivity index (χ2n) is 6.76. The van der Waals surface area contributed by atoms with Crippen LogP contribution in [0, 0.1) is 17.0 Å². The molecule has 2 N–H and O–H groups in total. The molecule has 3 heterocycles. The quantitative estimate of drug-likeness (QED) is 0.512. The molecular formula is C14H19N3O8. The first kappa shape index (κ1) is 17.7. The molecule has 2 aliphatic rings. The Morgan fingerprint density at radius 2 is 2.12 bits per heavy atom. The van der Waals surface area contributed by atoms with Crippen molar-refractivity contribution >= 4 is 0 Å². The van der Waals surface area contributed by atoms with Crippen molar-refractivity contribution in [3.05, 3.63) is 42.7 Å². The van der Waals surface area contributed by atoms with E-state index >= 15 is 0 Å². The van der Waals surface area contributed by atoms with Crippen molar-refractivity contribution in [2.24, 2.45) is 0 Å². The zero-order valence-corrected chi connectivity index (χ0v) is 13.9. The second kappa shape index (κ2) is 5.73. The van der Waals surface area contributed by atoms with Gasteiger partial charge < -0.3 is 19.3 Å². The highest BCUT2D eigenvalue weighted by Gasteiger charge is 2.63. The van der Waals surface area contributed by atoms with Crippen molar-refractivity contribution in [1.82, 2.24) is 9.55 Å². The summed E-state index contributed by atoms with van der Waals surface area (Å²) in [5, 5.41) is 21.8. The zero-order chi connectivity index (χ0) is 18.6. The summed E-state index contributed by atoms with van der Waals surface area (Å²) in [4.78, 5) is 36.2. The average Bonchev–Trinajstić information content (AvgIpc) is 2.75. The van der Waals surface area contributed by atoms with Crippen LogP contribution in [0.4, 0.5) is 0 Å². The lowest BCUT2D eigenvalue weighted by Crippen LogP contribution is -2.61. The Hall–Kier alpha value is -2.08. The number of nitrogens with one attached hydrogen (secondary N) is 1. The van der Waals surface area contributed by atoms with Gasteiger partial charge in [-0.3, -0.25) is 24.5 Å². The number of aliphatic hydroxyl groups is 1. The molecule has 138 valence electrons. The molecule has 25 heavy (non-hydrogen) atoms. The van der Waals surface area contributed by atoms with Crippen LogP contribution in [0.2, 0.25) is 0 Å². The Labute approximate surface area is 141 Å². The Morgan fingerprint density at radius 3 is 2.76 bits per heavy atom. The molecular weight excluding hydrogens is 338 g/mol. The van der Waals surface area contributed by atoms with Crippen molar-refractivity contribution in [3.63, 3.8) is 0 Å². The van der Waals surface area contributed by atoms with Crippen LogP contribution in [-0.4, -0.2) is 56.3 Å². The van der Waals surface area contributed by atoms with E-state index in [4.69, 9.17) is 14.2 Å². The van der Waals surface area contributed by atoms with Gasteiger partial charge in [-0.25, -0.2) is 4.79 Å². The maximum atomic E-state index is 12.1. The number of rotatable bonds is 3. The summed E-state index contributed by atoms with van der Waals surface area (Å²) in [6, 6.07) is 0. The monoisotopic (exact) mass is 357 g/mol. The minimum Gasteiger partial charge on any atom is -0.386 e. The van der Waals surface area contributed by atoms with Crippen LogP contribution >= 0.6 is 0 Å². The molecule has 2 saturated heterocycles. The van der Waals surface area contributed by atoms with E-state index in [-0.39, 0.29) is 12.2 Å². The normalized spacial score (nSPS) is 33.8. The number of aromatic nitrogens is 2. The number of nitro groups is 1. The van der Waals surface area contributed by atoms with Gasteiger partial charge in [0.1, 0.15) is 12.2 Å². The molecule has 11 heteroatoms. The average molecular weight is 357 g/mol. The lowest BCUT2D eigenvalue weighted by molar-refractivity contribution is -0.515. The summed E-state index contributed by atoms with van der Waals surface area (Å²) in [6.07, 6.45) is -2.47. The first-order valence-corrected chi connectivity index (χ1v) is 7.66. The third-order valence-electron chi connectivity index (χ3n) is 4.37. The predicted molar refractivity (Wildman–Crippen MR) is 81.7 cm³/mol. The number of aliphatic hydroxyl groups excluding tert-OH is 1. The van der Waals surface area contributed by atoms with Crippen LogP contribution in [0.15, 0.2) is 15.8 Å². The third-order valence-corrected chi connectivity index (χ3v) is 4.37. The number of hydrogen-bond acceptors (Lipinski definition) is 8. The van der Waals surface area contributed by atoms with Gasteiger partial charge in [0.2, 0.25) is 6.54 Å². The molecule has 0 amide bonds. The molecule has 0 radical (unpaired) electrons. The van der Waals surface area contributed by atoms with E-state index in [1.54, 1.807) is 13.8 Å². The highest BCUT2D eigenvalue weighted by molar-refractivity contribution is 5.08. The molecule has 2 fully saturated rings. The number of fused-ring (bicyclic) bond motifs is 1. The van der Waals surface area contributed by atoms with Gasteiger partial charge in [-0.15, -0.1) is 0 Å². The minimum atomic E-state index is -1.55. The molecule has 11 nitrogen and oxygen atoms in total. The highest BCUT2D eigenvalue weighted by Crippen LogP contribution is 2.44. The van der Waals surface area contributed by atoms with Gasteiger partial charge in [-0.2, -0.15) is 0 Å². The van der Waals surface area contributed by atoms with Crippen LogP contribution in [0.3, 0.4) is 0 Å². The molecule has 0 aromatic carbocycles. The fourth-order valence-electron chi connectivity index (χ4n) is 3.15. The van der Waals surface area contributed by atoms with Gasteiger partial charge in [0.15, 0.2) is 17.6 Å². The van der Waals surface area contributed by atoms with E-state index in [9.17, 15) is 24.8 Å². The number of aromatic amines is 1. The van der Waals surface area contributed by atoms with E-state index < -0.39 is 52.5 Å². The Bertz CT molecular complexity index is 815. The maximum absolute atomic E-state index is 12.1. The molecule has 1 aromatic rings. The molecule has 0 aliphatic carbocycles. The number of H-pyrrole nitrogens is 1. The number of hydrogen-bond donors (Lipinski definition) is 2. The Morgan fingerprint density at radius 1 is 1.44 bits per heavy atom. The van der Waals surface area contributed by atoms with E-state index in [2.05, 4.69) is 4.98 Å². The summed E-state index contributed by atoms with van der Waals surface area (Å²) in [7, 11) is 0. The molecule has 3 rings (SSSR count). The highest BCUT2D eigenvalue weighted by atomic mass is 16.7. The molecule has 0 bridgehead atoms. The largest absolute Gasteiger partial charge is 0.386 e. The van der Waals surface area contributed by atoms with E-state index in [1.807, 2.05) is 0 Å². The second-order valence-corrected chi connectivity index (χ2v) is 6.76. The van der Waals surface area contributed by atoms with Crippen molar-refractivity contribution in [2.75, 3.05) is 13.2 Å². The van der Waals surface area contributed by atoms with Crippen LogP contribution in [-0.2, 0) is 14.2 Å². The standard InChI is InChI=1S/C14H19N3O8/c1-7-4-16(12(20)15-10(7)19)11-8(18)9-14(25-11,5-17(21)22)6-23-13(2,3)24-9/h4,8-9,11,18H,5-6H2,1-3H3,(H,15,19,20)/t8-,9+,11?,14-/m1/s1. The van der Waals surface area contributed by atoms with Crippen molar-refractivity contribution in [3.8, 4) is 0 Å². The van der Waals surface area contributed by atoms with Gasteiger partial charge in [0, 0.05) is 16.7 Å². The van der Waals surface area contributed by atoms with Crippen LogP contribution < -0.4 is 11.2 Å². The lowest BCUT2D eigenvalue weighted by atomic mass is 9.94. The first-order valence-electron chi connectivity index (χ1n) is 7.66. The SMILES string of the molecule is Cc1cn(C2O[C@]3(C[N+](=O)[O-])COC(C)(C)O[C@H]3[C@H]2O)c(=O)[nH]c1=O. The van der Waals surface area contributed by atoms with Gasteiger partial charge in [-0.1, -0.05) is 0 Å². The maximum Gasteiger partial charge on any atom is 0.330 e. The number of ether oxygens (including phenoxy) is 3.